The largest absolute Gasteiger partial charge is 0.490 e. The second kappa shape index (κ2) is 8.22. The summed E-state index contributed by atoms with van der Waals surface area (Å²) in [5.41, 5.74) is 5.70. The van der Waals surface area contributed by atoms with Gasteiger partial charge in [-0.2, -0.15) is 0 Å². The van der Waals surface area contributed by atoms with Crippen LogP contribution in [-0.2, 0) is 4.74 Å². The highest BCUT2D eigenvalue weighted by atomic mass is 16.5. The van der Waals surface area contributed by atoms with Gasteiger partial charge in [0.2, 0.25) is 0 Å². The molecule has 0 saturated carbocycles. The average molecular weight is 294 g/mol. The summed E-state index contributed by atoms with van der Waals surface area (Å²) in [6, 6.07) is 7.78. The highest BCUT2D eigenvalue weighted by molar-refractivity contribution is 5.39. The quantitative estimate of drug-likeness (QED) is 0.826. The number of rotatable bonds is 7. The van der Waals surface area contributed by atoms with Crippen LogP contribution in [0.5, 0.6) is 11.5 Å². The molecule has 0 bridgehead atoms. The average Bonchev–Trinajstić information content (AvgIpc) is 2.48. The highest BCUT2D eigenvalue weighted by Gasteiger charge is 2.23. The van der Waals surface area contributed by atoms with E-state index in [-0.39, 0.29) is 12.2 Å². The molecular weight excluding hydrogens is 268 g/mol. The third-order valence-corrected chi connectivity index (χ3v) is 3.48. The van der Waals surface area contributed by atoms with Crippen molar-refractivity contribution in [2.24, 2.45) is 5.73 Å². The minimum Gasteiger partial charge on any atom is -0.490 e. The zero-order valence-electron chi connectivity index (χ0n) is 13.0. The fraction of sp³-hybridized carbons (Fsp3) is 0.625. The van der Waals surface area contributed by atoms with Gasteiger partial charge in [0.25, 0.3) is 0 Å². The maximum absolute atomic E-state index is 5.86. The van der Waals surface area contributed by atoms with Crippen LogP contribution in [0.15, 0.2) is 24.3 Å². The van der Waals surface area contributed by atoms with E-state index in [0.29, 0.717) is 19.8 Å². The number of hydrogen-bond donors (Lipinski definition) is 1. The second-order valence-electron chi connectivity index (χ2n) is 5.29. The normalized spacial score (nSPS) is 23.0. The fourth-order valence-corrected chi connectivity index (χ4v) is 2.58. The molecule has 1 aromatic carbocycles. The predicted octanol–water partition coefficient (Wildman–Crippen LogP) is 1.51. The van der Waals surface area contributed by atoms with E-state index in [0.717, 1.165) is 31.1 Å². The number of benzene rings is 1. The first-order valence-corrected chi connectivity index (χ1v) is 7.65. The molecular formula is C16H26N2O3. The van der Waals surface area contributed by atoms with Gasteiger partial charge in [0.05, 0.1) is 18.8 Å². The summed E-state index contributed by atoms with van der Waals surface area (Å²) >= 11 is 0. The number of para-hydroxylation sites is 2. The third-order valence-electron chi connectivity index (χ3n) is 3.48. The molecule has 5 nitrogen and oxygen atoms in total. The van der Waals surface area contributed by atoms with Gasteiger partial charge in [0.15, 0.2) is 11.5 Å². The van der Waals surface area contributed by atoms with Gasteiger partial charge in [0, 0.05) is 26.2 Å². The maximum Gasteiger partial charge on any atom is 0.161 e. The Morgan fingerprint density at radius 2 is 1.95 bits per heavy atom. The second-order valence-corrected chi connectivity index (χ2v) is 5.29. The first-order valence-electron chi connectivity index (χ1n) is 7.65. The lowest BCUT2D eigenvalue weighted by Crippen LogP contribution is -2.50. The van der Waals surface area contributed by atoms with Gasteiger partial charge in [-0.15, -0.1) is 0 Å². The first-order chi connectivity index (χ1) is 10.2. The van der Waals surface area contributed by atoms with E-state index in [4.69, 9.17) is 19.9 Å². The van der Waals surface area contributed by atoms with E-state index in [9.17, 15) is 0 Å². The van der Waals surface area contributed by atoms with Gasteiger partial charge >= 0.3 is 0 Å². The molecule has 5 heteroatoms. The van der Waals surface area contributed by atoms with Gasteiger partial charge in [-0.25, -0.2) is 0 Å². The molecule has 2 rings (SSSR count). The van der Waals surface area contributed by atoms with Crippen molar-refractivity contribution < 1.29 is 14.2 Å². The van der Waals surface area contributed by atoms with Gasteiger partial charge in [-0.3, -0.25) is 4.90 Å². The molecule has 0 aromatic heterocycles. The first kappa shape index (κ1) is 16.1. The van der Waals surface area contributed by atoms with E-state index < -0.39 is 0 Å². The molecule has 1 heterocycles. The monoisotopic (exact) mass is 294 g/mol. The summed E-state index contributed by atoms with van der Waals surface area (Å²) in [7, 11) is 0. The molecule has 0 spiro atoms. The van der Waals surface area contributed by atoms with Crippen LogP contribution in [-0.4, -0.2) is 56.5 Å². The predicted molar refractivity (Wildman–Crippen MR) is 82.9 cm³/mol. The lowest BCUT2D eigenvalue weighted by atomic mass is 10.2. The van der Waals surface area contributed by atoms with Gasteiger partial charge < -0.3 is 19.9 Å². The molecule has 1 aliphatic rings. The Hall–Kier alpha value is -1.30. The lowest BCUT2D eigenvalue weighted by Gasteiger charge is -2.36. The summed E-state index contributed by atoms with van der Waals surface area (Å²) < 4.78 is 17.2. The molecule has 0 aliphatic carbocycles. The lowest BCUT2D eigenvalue weighted by molar-refractivity contribution is -0.0739. The van der Waals surface area contributed by atoms with Gasteiger partial charge in [-0.1, -0.05) is 12.1 Å². The standard InChI is InChI=1S/C16H26N2O3/c1-3-19-15-6-4-5-7-16(15)20-9-8-18-11-13(2)21-14(10-17)12-18/h4-7,13-14H,3,8-12,17H2,1-2H3. The summed E-state index contributed by atoms with van der Waals surface area (Å²) in [4.78, 5) is 2.34. The highest BCUT2D eigenvalue weighted by Crippen LogP contribution is 2.26. The number of nitrogens with two attached hydrogens (primary N) is 1. The SMILES string of the molecule is CCOc1ccccc1OCCN1CC(C)OC(CN)C1. The molecule has 21 heavy (non-hydrogen) atoms. The molecule has 1 aliphatic heterocycles. The van der Waals surface area contributed by atoms with E-state index in [1.165, 1.54) is 0 Å². The van der Waals surface area contributed by atoms with Crippen molar-refractivity contribution in [3.63, 3.8) is 0 Å². The molecule has 1 fully saturated rings. The van der Waals surface area contributed by atoms with Crippen molar-refractivity contribution in [2.45, 2.75) is 26.1 Å². The summed E-state index contributed by atoms with van der Waals surface area (Å²) in [5.74, 6) is 1.60. The van der Waals surface area contributed by atoms with E-state index in [1.807, 2.05) is 31.2 Å². The van der Waals surface area contributed by atoms with Crippen LogP contribution >= 0.6 is 0 Å². The van der Waals surface area contributed by atoms with Gasteiger partial charge in [0.1, 0.15) is 6.61 Å². The Kier molecular flexibility index (Phi) is 6.29. The van der Waals surface area contributed by atoms with Crippen LogP contribution in [0.3, 0.4) is 0 Å². The van der Waals surface area contributed by atoms with E-state index in [1.54, 1.807) is 0 Å². The van der Waals surface area contributed by atoms with Crippen LogP contribution in [0.4, 0.5) is 0 Å². The van der Waals surface area contributed by atoms with Crippen LogP contribution in [0.1, 0.15) is 13.8 Å². The van der Waals surface area contributed by atoms with E-state index in [2.05, 4.69) is 11.8 Å². The summed E-state index contributed by atoms with van der Waals surface area (Å²) in [6.45, 7) is 8.55. The van der Waals surface area contributed by atoms with Crippen molar-refractivity contribution in [3.8, 4) is 11.5 Å². The Morgan fingerprint density at radius 1 is 1.24 bits per heavy atom. The Balaban J connectivity index is 1.81. The van der Waals surface area contributed by atoms with Crippen molar-refractivity contribution in [2.75, 3.05) is 39.4 Å². The minimum atomic E-state index is 0.129. The molecule has 2 N–H and O–H groups in total. The van der Waals surface area contributed by atoms with Gasteiger partial charge in [-0.05, 0) is 26.0 Å². The van der Waals surface area contributed by atoms with Crippen molar-refractivity contribution in [1.82, 2.24) is 4.90 Å². The topological polar surface area (TPSA) is 57.0 Å². The summed E-state index contributed by atoms with van der Waals surface area (Å²) in [6.07, 6.45) is 0.354. The molecule has 118 valence electrons. The zero-order valence-corrected chi connectivity index (χ0v) is 13.0. The molecule has 0 amide bonds. The van der Waals surface area contributed by atoms with Crippen LogP contribution < -0.4 is 15.2 Å². The maximum atomic E-state index is 5.86. The molecule has 0 radical (unpaired) electrons. The van der Waals surface area contributed by atoms with E-state index >= 15 is 0 Å². The van der Waals surface area contributed by atoms with Crippen LogP contribution in [0, 0.1) is 0 Å². The third kappa shape index (κ3) is 4.88. The number of morpholine rings is 1. The van der Waals surface area contributed by atoms with Crippen LogP contribution in [0.2, 0.25) is 0 Å². The number of hydrogen-bond acceptors (Lipinski definition) is 5. The zero-order chi connectivity index (χ0) is 15.1. The fourth-order valence-electron chi connectivity index (χ4n) is 2.58. The smallest absolute Gasteiger partial charge is 0.161 e. The molecule has 2 unspecified atom stereocenters. The Bertz CT molecular complexity index is 428. The number of ether oxygens (including phenoxy) is 3. The molecule has 2 atom stereocenters. The van der Waals surface area contributed by atoms with Crippen LogP contribution in [0.25, 0.3) is 0 Å². The van der Waals surface area contributed by atoms with Crippen molar-refractivity contribution in [3.05, 3.63) is 24.3 Å². The van der Waals surface area contributed by atoms with Crippen molar-refractivity contribution >= 4 is 0 Å². The molecule has 1 saturated heterocycles. The minimum absolute atomic E-state index is 0.129. The van der Waals surface area contributed by atoms with Crippen molar-refractivity contribution in [1.29, 1.82) is 0 Å². The Morgan fingerprint density at radius 3 is 2.62 bits per heavy atom. The Labute approximate surface area is 127 Å². The molecule has 1 aromatic rings. The number of nitrogens with zero attached hydrogens (tertiary/aromatic N) is 1. The summed E-state index contributed by atoms with van der Waals surface area (Å²) in [5, 5.41) is 0.